The van der Waals surface area contributed by atoms with Gasteiger partial charge in [0.1, 0.15) is 4.88 Å². The summed E-state index contributed by atoms with van der Waals surface area (Å²) in [6.45, 7) is 2.22. The SMILES string of the molecule is CC(CCO)SCc1c(C(=O)O)sc2ccccc12. The molecule has 2 N–H and O–H groups in total. The van der Waals surface area contributed by atoms with Gasteiger partial charge in [-0.3, -0.25) is 0 Å². The van der Waals surface area contributed by atoms with Gasteiger partial charge in [0.2, 0.25) is 0 Å². The van der Waals surface area contributed by atoms with Crippen molar-refractivity contribution in [1.29, 1.82) is 0 Å². The highest BCUT2D eigenvalue weighted by molar-refractivity contribution is 7.99. The molecule has 0 aliphatic heterocycles. The second-order valence-electron chi connectivity index (χ2n) is 4.34. The van der Waals surface area contributed by atoms with Gasteiger partial charge in [-0.05, 0) is 23.4 Å². The fraction of sp³-hybridized carbons (Fsp3) is 0.357. The molecule has 1 atom stereocenters. The molecule has 0 bridgehead atoms. The predicted octanol–water partition coefficient (Wildman–Crippen LogP) is 3.60. The number of aliphatic hydroxyl groups is 1. The number of carboxylic acid groups (broad SMARTS) is 1. The molecule has 1 unspecified atom stereocenters. The molecule has 19 heavy (non-hydrogen) atoms. The lowest BCUT2D eigenvalue weighted by atomic mass is 10.1. The first-order valence-electron chi connectivity index (χ1n) is 6.09. The van der Waals surface area contributed by atoms with Crippen LogP contribution in [-0.2, 0) is 5.75 Å². The summed E-state index contributed by atoms with van der Waals surface area (Å²) in [7, 11) is 0. The summed E-state index contributed by atoms with van der Waals surface area (Å²) in [5.41, 5.74) is 0.905. The zero-order valence-electron chi connectivity index (χ0n) is 10.6. The van der Waals surface area contributed by atoms with Crippen molar-refractivity contribution in [2.75, 3.05) is 6.61 Å². The summed E-state index contributed by atoms with van der Waals surface area (Å²) in [5.74, 6) is -0.182. The van der Waals surface area contributed by atoms with Crippen LogP contribution in [0.5, 0.6) is 0 Å². The number of aromatic carboxylic acids is 1. The lowest BCUT2D eigenvalue weighted by molar-refractivity contribution is 0.0701. The van der Waals surface area contributed by atoms with Crippen LogP contribution in [0.4, 0.5) is 0 Å². The fourth-order valence-electron chi connectivity index (χ4n) is 1.91. The first-order chi connectivity index (χ1) is 9.13. The largest absolute Gasteiger partial charge is 0.477 e. The lowest BCUT2D eigenvalue weighted by Crippen LogP contribution is -2.02. The zero-order chi connectivity index (χ0) is 13.8. The molecule has 102 valence electrons. The van der Waals surface area contributed by atoms with Gasteiger partial charge in [0.05, 0.1) is 0 Å². The Labute approximate surface area is 120 Å². The van der Waals surface area contributed by atoms with Crippen molar-refractivity contribution < 1.29 is 15.0 Å². The summed E-state index contributed by atoms with van der Waals surface area (Å²) in [6.07, 6.45) is 0.731. The first kappa shape index (κ1) is 14.4. The van der Waals surface area contributed by atoms with Crippen LogP contribution in [0.1, 0.15) is 28.6 Å². The molecule has 0 aliphatic carbocycles. The maximum absolute atomic E-state index is 11.3. The molecule has 1 aromatic carbocycles. The average Bonchev–Trinajstić information content (AvgIpc) is 2.75. The van der Waals surface area contributed by atoms with Gasteiger partial charge >= 0.3 is 5.97 Å². The third-order valence-electron chi connectivity index (χ3n) is 2.94. The third kappa shape index (κ3) is 3.29. The van der Waals surface area contributed by atoms with Crippen LogP contribution < -0.4 is 0 Å². The molecule has 1 aromatic heterocycles. The van der Waals surface area contributed by atoms with E-state index in [0.29, 0.717) is 15.9 Å². The molecule has 0 spiro atoms. The van der Waals surface area contributed by atoms with Crippen molar-refractivity contribution in [1.82, 2.24) is 0 Å². The molecule has 2 rings (SSSR count). The number of carbonyl (C=O) groups is 1. The van der Waals surface area contributed by atoms with Crippen molar-refractivity contribution in [2.45, 2.75) is 24.3 Å². The number of thioether (sulfide) groups is 1. The van der Waals surface area contributed by atoms with Crippen LogP contribution in [0.15, 0.2) is 24.3 Å². The molecule has 0 saturated carbocycles. The van der Waals surface area contributed by atoms with Crippen LogP contribution >= 0.6 is 23.1 Å². The number of benzene rings is 1. The van der Waals surface area contributed by atoms with Crippen molar-refractivity contribution in [3.63, 3.8) is 0 Å². The Kier molecular flexibility index (Phi) is 4.85. The second kappa shape index (κ2) is 6.41. The van der Waals surface area contributed by atoms with Crippen molar-refractivity contribution in [3.8, 4) is 0 Å². The minimum absolute atomic E-state index is 0.171. The van der Waals surface area contributed by atoms with E-state index in [1.54, 1.807) is 11.8 Å². The van der Waals surface area contributed by atoms with Gasteiger partial charge < -0.3 is 10.2 Å². The van der Waals surface area contributed by atoms with Crippen LogP contribution in [0.3, 0.4) is 0 Å². The molecule has 0 saturated heterocycles. The molecule has 3 nitrogen and oxygen atoms in total. The van der Waals surface area contributed by atoms with Gasteiger partial charge in [0.25, 0.3) is 0 Å². The monoisotopic (exact) mass is 296 g/mol. The minimum Gasteiger partial charge on any atom is -0.477 e. The molecule has 2 aromatic rings. The van der Waals surface area contributed by atoms with Crippen LogP contribution in [0.25, 0.3) is 10.1 Å². The normalized spacial score (nSPS) is 12.7. The highest BCUT2D eigenvalue weighted by Crippen LogP contribution is 2.34. The van der Waals surface area contributed by atoms with Gasteiger partial charge in [-0.2, -0.15) is 11.8 Å². The lowest BCUT2D eigenvalue weighted by Gasteiger charge is -2.09. The number of aliphatic hydroxyl groups excluding tert-OH is 1. The van der Waals surface area contributed by atoms with Gasteiger partial charge in [-0.15, -0.1) is 11.3 Å². The molecular weight excluding hydrogens is 280 g/mol. The maximum Gasteiger partial charge on any atom is 0.346 e. The summed E-state index contributed by atoms with van der Waals surface area (Å²) in [5, 5.41) is 19.6. The van der Waals surface area contributed by atoms with Crippen LogP contribution in [-0.4, -0.2) is 28.0 Å². The van der Waals surface area contributed by atoms with E-state index in [1.165, 1.54) is 11.3 Å². The zero-order valence-corrected chi connectivity index (χ0v) is 12.3. The molecule has 0 amide bonds. The summed E-state index contributed by atoms with van der Waals surface area (Å²) < 4.78 is 1.02. The van der Waals surface area contributed by atoms with Crippen molar-refractivity contribution in [2.24, 2.45) is 0 Å². The Balaban J connectivity index is 2.29. The predicted molar refractivity (Wildman–Crippen MR) is 81.2 cm³/mol. The van der Waals surface area contributed by atoms with Crippen molar-refractivity contribution in [3.05, 3.63) is 34.7 Å². The quantitative estimate of drug-likeness (QED) is 0.855. The van der Waals surface area contributed by atoms with E-state index in [0.717, 1.165) is 22.1 Å². The Morgan fingerprint density at radius 3 is 2.84 bits per heavy atom. The van der Waals surface area contributed by atoms with Gasteiger partial charge in [0, 0.05) is 22.3 Å². The van der Waals surface area contributed by atoms with Gasteiger partial charge in [-0.25, -0.2) is 4.79 Å². The van der Waals surface area contributed by atoms with E-state index >= 15 is 0 Å². The molecule has 5 heteroatoms. The number of hydrogen-bond donors (Lipinski definition) is 2. The Morgan fingerprint density at radius 1 is 1.42 bits per heavy atom. The first-order valence-corrected chi connectivity index (χ1v) is 7.96. The van der Waals surface area contributed by atoms with Gasteiger partial charge in [0.15, 0.2) is 0 Å². The average molecular weight is 296 g/mol. The number of rotatable bonds is 6. The fourth-order valence-corrected chi connectivity index (χ4v) is 4.08. The number of carboxylic acids is 1. The van der Waals surface area contributed by atoms with E-state index in [2.05, 4.69) is 6.92 Å². The summed E-state index contributed by atoms with van der Waals surface area (Å²) in [4.78, 5) is 11.8. The third-order valence-corrected chi connectivity index (χ3v) is 5.40. The molecule has 0 radical (unpaired) electrons. The Morgan fingerprint density at radius 2 is 2.16 bits per heavy atom. The highest BCUT2D eigenvalue weighted by atomic mass is 32.2. The van der Waals surface area contributed by atoms with Crippen LogP contribution in [0, 0.1) is 0 Å². The molecule has 0 fully saturated rings. The molecule has 0 aliphatic rings. The van der Waals surface area contributed by atoms with E-state index in [4.69, 9.17) is 5.11 Å². The topological polar surface area (TPSA) is 57.5 Å². The number of thiophene rings is 1. The Bertz CT molecular complexity index is 577. The smallest absolute Gasteiger partial charge is 0.346 e. The van der Waals surface area contributed by atoms with E-state index in [-0.39, 0.29) is 6.61 Å². The van der Waals surface area contributed by atoms with Crippen LogP contribution in [0.2, 0.25) is 0 Å². The minimum atomic E-state index is -0.855. The van der Waals surface area contributed by atoms with E-state index < -0.39 is 5.97 Å². The number of fused-ring (bicyclic) bond motifs is 1. The van der Waals surface area contributed by atoms with Crippen molar-refractivity contribution >= 4 is 39.2 Å². The van der Waals surface area contributed by atoms with E-state index in [9.17, 15) is 9.90 Å². The highest BCUT2D eigenvalue weighted by Gasteiger charge is 2.18. The summed E-state index contributed by atoms with van der Waals surface area (Å²) >= 11 is 3.02. The standard InChI is InChI=1S/C14H16O3S2/c1-9(6-7-15)18-8-11-10-4-2-3-5-12(10)19-13(11)14(16)17/h2-5,9,15H,6-8H2,1H3,(H,16,17). The molecular formula is C14H16O3S2. The second-order valence-corrected chi connectivity index (χ2v) is 6.82. The maximum atomic E-state index is 11.3. The molecule has 1 heterocycles. The summed E-state index contributed by atoms with van der Waals surface area (Å²) in [6, 6.07) is 7.80. The Hall–Kier alpha value is -1.04. The van der Waals surface area contributed by atoms with E-state index in [1.807, 2.05) is 24.3 Å². The number of hydrogen-bond acceptors (Lipinski definition) is 4. The van der Waals surface area contributed by atoms with Gasteiger partial charge in [-0.1, -0.05) is 25.1 Å².